The van der Waals surface area contributed by atoms with E-state index in [0.29, 0.717) is 45.5 Å². The van der Waals surface area contributed by atoms with Gasteiger partial charge in [-0.15, -0.1) is 0 Å². The summed E-state index contributed by atoms with van der Waals surface area (Å²) in [6.45, 7) is 2.09. The lowest BCUT2D eigenvalue weighted by Crippen LogP contribution is -2.50. The zero-order valence-corrected chi connectivity index (χ0v) is 22.8. The summed E-state index contributed by atoms with van der Waals surface area (Å²) in [4.78, 5) is 19.3. The molecule has 4 atom stereocenters. The highest BCUT2D eigenvalue weighted by molar-refractivity contribution is 6.33. The van der Waals surface area contributed by atoms with Gasteiger partial charge in [-0.25, -0.2) is 23.7 Å². The van der Waals surface area contributed by atoms with Crippen LogP contribution in [0.15, 0.2) is 55.0 Å². The number of halogens is 3. The molecule has 4 unspecified atom stereocenters. The minimum absolute atomic E-state index is 0.135. The Labute approximate surface area is 239 Å². The van der Waals surface area contributed by atoms with Crippen LogP contribution < -0.4 is 4.74 Å². The quantitative estimate of drug-likeness (QED) is 0.220. The summed E-state index contributed by atoms with van der Waals surface area (Å²) in [6.07, 6.45) is 5.73. The van der Waals surface area contributed by atoms with Crippen molar-refractivity contribution >= 4 is 33.5 Å². The van der Waals surface area contributed by atoms with E-state index in [0.717, 1.165) is 12.8 Å². The van der Waals surface area contributed by atoms with Gasteiger partial charge in [0.25, 0.3) is 0 Å². The van der Waals surface area contributed by atoms with Gasteiger partial charge in [0.05, 0.1) is 40.9 Å². The van der Waals surface area contributed by atoms with E-state index in [1.807, 2.05) is 16.4 Å². The smallest absolute Gasteiger partial charge is 0.321 e. The van der Waals surface area contributed by atoms with Crippen LogP contribution >= 0.6 is 11.6 Å². The molecule has 2 bridgehead atoms. The number of pyridine rings is 1. The minimum atomic E-state index is -1.17. The number of aryl methyl sites for hydroxylation is 1. The summed E-state index contributed by atoms with van der Waals surface area (Å²) in [5.41, 5.74) is 2.53. The van der Waals surface area contributed by atoms with E-state index in [1.165, 1.54) is 6.07 Å². The third kappa shape index (κ3) is 4.28. The maximum Gasteiger partial charge on any atom is 0.321 e. The molecule has 41 heavy (non-hydrogen) atoms. The highest BCUT2D eigenvalue weighted by Crippen LogP contribution is 2.45. The Kier molecular flexibility index (Phi) is 6.29. The zero-order valence-electron chi connectivity index (χ0n) is 22.0. The van der Waals surface area contributed by atoms with Crippen LogP contribution in [-0.2, 0) is 0 Å². The number of ether oxygens (including phenoxy) is 1. The van der Waals surface area contributed by atoms with Gasteiger partial charge in [0.15, 0.2) is 0 Å². The summed E-state index contributed by atoms with van der Waals surface area (Å²) in [6, 6.07) is 11.4. The lowest BCUT2D eigenvalue weighted by Gasteiger charge is -2.41. The van der Waals surface area contributed by atoms with Crippen molar-refractivity contribution in [3.05, 3.63) is 71.7 Å². The molecule has 0 saturated carbocycles. The van der Waals surface area contributed by atoms with Crippen molar-refractivity contribution in [2.45, 2.75) is 50.5 Å². The summed E-state index contributed by atoms with van der Waals surface area (Å²) >= 11 is 6.63. The van der Waals surface area contributed by atoms with Crippen molar-refractivity contribution in [2.24, 2.45) is 0 Å². The molecular weight excluding hydrogens is 548 g/mol. The van der Waals surface area contributed by atoms with E-state index >= 15 is 8.78 Å². The Hall–Kier alpha value is -4.20. The maximum atomic E-state index is 16.1. The van der Waals surface area contributed by atoms with E-state index in [-0.39, 0.29) is 35.2 Å². The van der Waals surface area contributed by atoms with Crippen LogP contribution in [0.25, 0.3) is 33.1 Å². The molecule has 2 aliphatic heterocycles. The first-order chi connectivity index (χ1) is 19.9. The Morgan fingerprint density at radius 1 is 1.07 bits per heavy atom. The van der Waals surface area contributed by atoms with Crippen LogP contribution in [0.4, 0.5) is 8.78 Å². The number of rotatable bonds is 5. The standard InChI is InChI=1S/C30H24ClF2N7O/c1-16-38-25-15-37-24-14-23(32)20(19-5-4-18(12-22(19)31)41-30-35-8-2-9-36-30)13-21(24)29(25)40(16)27-11-17-3-6-26(28(27)33)39(17)10-7-34/h2,4-5,8-9,12-15,17,26-28H,3,6,10-11H2,1H3. The fourth-order valence-corrected chi connectivity index (χ4v) is 6.82. The number of alkyl halides is 1. The Bertz CT molecular complexity index is 1840. The molecule has 7 rings (SSSR count). The summed E-state index contributed by atoms with van der Waals surface area (Å²) in [7, 11) is 0. The zero-order chi connectivity index (χ0) is 28.2. The van der Waals surface area contributed by atoms with Gasteiger partial charge in [-0.2, -0.15) is 5.26 Å². The van der Waals surface area contributed by atoms with Gasteiger partial charge >= 0.3 is 6.01 Å². The van der Waals surface area contributed by atoms with E-state index in [9.17, 15) is 5.26 Å². The van der Waals surface area contributed by atoms with Crippen LogP contribution in [0.1, 0.15) is 31.1 Å². The number of hydrogen-bond acceptors (Lipinski definition) is 7. The van der Waals surface area contributed by atoms with E-state index in [1.54, 1.807) is 48.9 Å². The molecule has 11 heteroatoms. The molecule has 8 nitrogen and oxygen atoms in total. The van der Waals surface area contributed by atoms with Crippen LogP contribution in [0.2, 0.25) is 5.02 Å². The van der Waals surface area contributed by atoms with Gasteiger partial charge in [-0.05, 0) is 50.5 Å². The molecule has 0 aliphatic carbocycles. The summed E-state index contributed by atoms with van der Waals surface area (Å²) in [5, 5.41) is 10.2. The number of nitrogens with zero attached hydrogens (tertiary/aromatic N) is 7. The van der Waals surface area contributed by atoms with Gasteiger partial charge in [-0.3, -0.25) is 9.88 Å². The molecule has 2 fully saturated rings. The lowest BCUT2D eigenvalue weighted by molar-refractivity contribution is 0.0367. The van der Waals surface area contributed by atoms with Gasteiger partial charge in [0.2, 0.25) is 0 Å². The SMILES string of the molecule is Cc1nc2cnc3cc(F)c(-c4ccc(Oc5ncccn5)cc4Cl)cc3c2n1C1CC2CCC(C1F)N2CC#N. The van der Waals surface area contributed by atoms with Gasteiger partial charge < -0.3 is 9.30 Å². The highest BCUT2D eigenvalue weighted by atomic mass is 35.5. The maximum absolute atomic E-state index is 16.1. The molecule has 0 N–H and O–H groups in total. The summed E-state index contributed by atoms with van der Waals surface area (Å²) in [5.74, 6) is 0.596. The van der Waals surface area contributed by atoms with Gasteiger partial charge in [0.1, 0.15) is 29.1 Å². The van der Waals surface area contributed by atoms with Crippen molar-refractivity contribution < 1.29 is 13.5 Å². The first-order valence-corrected chi connectivity index (χ1v) is 13.8. The van der Waals surface area contributed by atoms with Crippen LogP contribution in [0.5, 0.6) is 11.8 Å². The number of hydrogen-bond donors (Lipinski definition) is 0. The molecule has 2 aliphatic rings. The van der Waals surface area contributed by atoms with E-state index < -0.39 is 18.0 Å². The van der Waals surface area contributed by atoms with Crippen molar-refractivity contribution in [2.75, 3.05) is 6.54 Å². The van der Waals surface area contributed by atoms with Gasteiger partial charge in [0, 0.05) is 53.1 Å². The molecule has 0 spiro atoms. The average molecular weight is 572 g/mol. The lowest BCUT2D eigenvalue weighted by atomic mass is 9.94. The van der Waals surface area contributed by atoms with Crippen molar-refractivity contribution in [1.82, 2.24) is 29.4 Å². The second-order valence-electron chi connectivity index (χ2n) is 10.5. The molecule has 0 radical (unpaired) electrons. The fourth-order valence-electron chi connectivity index (χ4n) is 6.55. The third-order valence-corrected chi connectivity index (χ3v) is 8.60. The Morgan fingerprint density at radius 2 is 1.90 bits per heavy atom. The fraction of sp³-hybridized carbons (Fsp3) is 0.300. The monoisotopic (exact) mass is 571 g/mol. The molecule has 0 amide bonds. The van der Waals surface area contributed by atoms with E-state index in [4.69, 9.17) is 21.3 Å². The third-order valence-electron chi connectivity index (χ3n) is 8.29. The molecule has 2 saturated heterocycles. The van der Waals surface area contributed by atoms with Crippen LogP contribution in [0, 0.1) is 24.1 Å². The van der Waals surface area contributed by atoms with Crippen molar-refractivity contribution in [1.29, 1.82) is 5.26 Å². The molecule has 206 valence electrons. The summed E-state index contributed by atoms with van der Waals surface area (Å²) < 4.78 is 39.3. The number of benzene rings is 2. The van der Waals surface area contributed by atoms with E-state index in [2.05, 4.69) is 21.0 Å². The first kappa shape index (κ1) is 25.7. The van der Waals surface area contributed by atoms with Crippen LogP contribution in [0.3, 0.4) is 0 Å². The Balaban J connectivity index is 1.33. The van der Waals surface area contributed by atoms with Crippen LogP contribution in [-0.4, -0.2) is 54.2 Å². The molecule has 3 aromatic heterocycles. The predicted octanol–water partition coefficient (Wildman–Crippen LogP) is 6.57. The largest absolute Gasteiger partial charge is 0.424 e. The van der Waals surface area contributed by atoms with Crippen molar-refractivity contribution in [3.8, 4) is 29.0 Å². The molecule has 5 heterocycles. The number of fused-ring (bicyclic) bond motifs is 5. The number of imidazole rings is 1. The molecular formula is C30H24ClF2N7O. The molecule has 2 aromatic carbocycles. The number of nitriles is 1. The normalized spacial score (nSPS) is 22.3. The molecule has 5 aromatic rings. The predicted molar refractivity (Wildman–Crippen MR) is 150 cm³/mol. The Morgan fingerprint density at radius 3 is 2.68 bits per heavy atom. The van der Waals surface area contributed by atoms with Crippen molar-refractivity contribution in [3.63, 3.8) is 0 Å². The average Bonchev–Trinajstić information content (AvgIpc) is 3.46. The minimum Gasteiger partial charge on any atom is -0.424 e. The first-order valence-electron chi connectivity index (χ1n) is 13.4. The second kappa shape index (κ2) is 10.0. The van der Waals surface area contributed by atoms with Gasteiger partial charge in [-0.1, -0.05) is 11.6 Å². The number of piperidine rings is 1. The highest BCUT2D eigenvalue weighted by Gasteiger charge is 2.48. The topological polar surface area (TPSA) is 92.8 Å². The second-order valence-corrected chi connectivity index (χ2v) is 10.9. The number of aromatic nitrogens is 5.